The Kier molecular flexibility index (Phi) is 7.49. The third kappa shape index (κ3) is 5.04. The second kappa shape index (κ2) is 13.4. The standard InChI is InChI=1S/C58H35N3O/c1-2-15-36(16-3-1)55-59-56(40-18-14-17-37(33-40)38-30-32-54-48(34-38)46-23-9-13-28-53(46)62-54)61-57(60-55)47-24-5-4-19-41(47)39-29-31-45-44-22-8-12-27-51(44)58(52(45)35-39)49-25-10-6-20-42(49)43-21-7-11-26-50(43)58/h1-35H. The highest BCUT2D eigenvalue weighted by molar-refractivity contribution is 6.06. The number of furan rings is 1. The molecule has 0 N–H and O–H groups in total. The normalized spacial score (nSPS) is 13.0. The summed E-state index contributed by atoms with van der Waals surface area (Å²) >= 11 is 0. The van der Waals surface area contributed by atoms with Gasteiger partial charge >= 0.3 is 0 Å². The first kappa shape index (κ1) is 34.6. The van der Waals surface area contributed by atoms with E-state index < -0.39 is 5.41 Å². The van der Waals surface area contributed by atoms with Crippen molar-refractivity contribution in [2.75, 3.05) is 0 Å². The predicted molar refractivity (Wildman–Crippen MR) is 251 cm³/mol. The summed E-state index contributed by atoms with van der Waals surface area (Å²) in [5, 5.41) is 2.20. The van der Waals surface area contributed by atoms with Crippen LogP contribution < -0.4 is 0 Å². The van der Waals surface area contributed by atoms with Crippen molar-refractivity contribution in [3.63, 3.8) is 0 Å². The Morgan fingerprint density at radius 1 is 0.274 bits per heavy atom. The minimum Gasteiger partial charge on any atom is -0.456 e. The molecule has 4 nitrogen and oxygen atoms in total. The van der Waals surface area contributed by atoms with Crippen molar-refractivity contribution in [1.82, 2.24) is 15.0 Å². The van der Waals surface area contributed by atoms with Crippen LogP contribution in [0.15, 0.2) is 217 Å². The van der Waals surface area contributed by atoms with Gasteiger partial charge in [0.1, 0.15) is 11.2 Å². The molecule has 1 spiro atoms. The minimum absolute atomic E-state index is 0.439. The van der Waals surface area contributed by atoms with Crippen LogP contribution in [-0.2, 0) is 5.41 Å². The highest BCUT2D eigenvalue weighted by Crippen LogP contribution is 2.63. The molecule has 2 aliphatic rings. The van der Waals surface area contributed by atoms with E-state index in [1.54, 1.807) is 0 Å². The van der Waals surface area contributed by atoms with Gasteiger partial charge in [-0.25, -0.2) is 15.0 Å². The number of benzene rings is 9. The molecule has 2 aromatic heterocycles. The maximum absolute atomic E-state index is 6.15. The van der Waals surface area contributed by atoms with E-state index in [4.69, 9.17) is 19.4 Å². The molecular weight excluding hydrogens is 755 g/mol. The van der Waals surface area contributed by atoms with E-state index in [-0.39, 0.29) is 0 Å². The van der Waals surface area contributed by atoms with Crippen molar-refractivity contribution in [2.45, 2.75) is 5.41 Å². The summed E-state index contributed by atoms with van der Waals surface area (Å²) in [6.07, 6.45) is 0. The zero-order valence-electron chi connectivity index (χ0n) is 33.5. The maximum Gasteiger partial charge on any atom is 0.164 e. The lowest BCUT2D eigenvalue weighted by molar-refractivity contribution is 0.669. The maximum atomic E-state index is 6.15. The van der Waals surface area contributed by atoms with E-state index in [1.807, 2.05) is 30.3 Å². The van der Waals surface area contributed by atoms with Crippen LogP contribution in [0.4, 0.5) is 0 Å². The van der Waals surface area contributed by atoms with Gasteiger partial charge in [-0.3, -0.25) is 0 Å². The van der Waals surface area contributed by atoms with Gasteiger partial charge in [0.15, 0.2) is 17.5 Å². The van der Waals surface area contributed by atoms with Crippen molar-refractivity contribution >= 4 is 21.9 Å². The minimum atomic E-state index is -0.439. The van der Waals surface area contributed by atoms with E-state index >= 15 is 0 Å². The fourth-order valence-electron chi connectivity index (χ4n) is 10.3. The lowest BCUT2D eigenvalue weighted by Crippen LogP contribution is -2.25. The zero-order chi connectivity index (χ0) is 40.8. The molecule has 0 fully saturated rings. The second-order valence-corrected chi connectivity index (χ2v) is 16.3. The zero-order valence-corrected chi connectivity index (χ0v) is 33.5. The fourth-order valence-corrected chi connectivity index (χ4v) is 10.3. The van der Waals surface area contributed by atoms with E-state index in [0.717, 1.165) is 60.9 Å². The van der Waals surface area contributed by atoms with Crippen molar-refractivity contribution in [2.24, 2.45) is 0 Å². The van der Waals surface area contributed by atoms with Crippen molar-refractivity contribution in [3.8, 4) is 78.7 Å². The molecule has 62 heavy (non-hydrogen) atoms. The van der Waals surface area contributed by atoms with E-state index in [0.29, 0.717) is 17.5 Å². The average Bonchev–Trinajstić information content (AvgIpc) is 3.98. The molecule has 0 aliphatic heterocycles. The van der Waals surface area contributed by atoms with Crippen LogP contribution in [0.1, 0.15) is 22.3 Å². The topological polar surface area (TPSA) is 51.8 Å². The second-order valence-electron chi connectivity index (χ2n) is 16.3. The summed E-state index contributed by atoms with van der Waals surface area (Å²) in [4.78, 5) is 15.7. The van der Waals surface area contributed by atoms with Crippen LogP contribution in [-0.4, -0.2) is 15.0 Å². The first-order chi connectivity index (χ1) is 30.7. The van der Waals surface area contributed by atoms with Gasteiger partial charge < -0.3 is 4.42 Å². The molecule has 0 unspecified atom stereocenters. The highest BCUT2D eigenvalue weighted by atomic mass is 16.3. The van der Waals surface area contributed by atoms with E-state index in [1.165, 1.54) is 44.5 Å². The summed E-state index contributed by atoms with van der Waals surface area (Å²) in [6, 6.07) is 75.7. The van der Waals surface area contributed by atoms with Crippen molar-refractivity contribution < 1.29 is 4.42 Å². The molecule has 0 radical (unpaired) electrons. The monoisotopic (exact) mass is 789 g/mol. The molecule has 288 valence electrons. The molecule has 4 heteroatoms. The number of aromatic nitrogens is 3. The van der Waals surface area contributed by atoms with Gasteiger partial charge in [-0.2, -0.15) is 0 Å². The van der Waals surface area contributed by atoms with Gasteiger partial charge in [0.05, 0.1) is 5.41 Å². The van der Waals surface area contributed by atoms with Crippen LogP contribution in [0.2, 0.25) is 0 Å². The van der Waals surface area contributed by atoms with Crippen molar-refractivity contribution in [3.05, 3.63) is 235 Å². The number of rotatable bonds is 5. The summed E-state index contributed by atoms with van der Waals surface area (Å²) in [6.45, 7) is 0. The molecule has 0 saturated heterocycles. The Hall–Kier alpha value is -8.21. The Morgan fingerprint density at radius 2 is 0.774 bits per heavy atom. The molecule has 0 amide bonds. The molecule has 2 heterocycles. The Bertz CT molecular complexity index is 3540. The smallest absolute Gasteiger partial charge is 0.164 e. The van der Waals surface area contributed by atoms with Gasteiger partial charge in [0, 0.05) is 27.5 Å². The number of hydrogen-bond acceptors (Lipinski definition) is 4. The van der Waals surface area contributed by atoms with E-state index in [9.17, 15) is 0 Å². The summed E-state index contributed by atoms with van der Waals surface area (Å²) in [5.41, 5.74) is 18.9. The van der Waals surface area contributed by atoms with Crippen molar-refractivity contribution in [1.29, 1.82) is 0 Å². The van der Waals surface area contributed by atoms with Gasteiger partial charge in [-0.1, -0.05) is 182 Å². The molecule has 11 aromatic rings. The van der Waals surface area contributed by atoms with Crippen LogP contribution in [0.25, 0.3) is 101 Å². The Balaban J connectivity index is 0.978. The van der Waals surface area contributed by atoms with Gasteiger partial charge in [-0.05, 0) is 97.1 Å². The largest absolute Gasteiger partial charge is 0.456 e. The molecule has 0 atom stereocenters. The Labute approximate surface area is 358 Å². The molecule has 9 aromatic carbocycles. The van der Waals surface area contributed by atoms with E-state index in [2.05, 4.69) is 182 Å². The number of para-hydroxylation sites is 1. The fraction of sp³-hybridized carbons (Fsp3) is 0.0172. The third-order valence-electron chi connectivity index (χ3n) is 13.0. The quantitative estimate of drug-likeness (QED) is 0.174. The number of fused-ring (bicyclic) bond motifs is 13. The third-order valence-corrected chi connectivity index (χ3v) is 13.0. The van der Waals surface area contributed by atoms with Crippen LogP contribution in [0.3, 0.4) is 0 Å². The highest BCUT2D eigenvalue weighted by Gasteiger charge is 2.51. The first-order valence-electron chi connectivity index (χ1n) is 21.1. The number of nitrogens with zero attached hydrogens (tertiary/aromatic N) is 3. The lowest BCUT2D eigenvalue weighted by Gasteiger charge is -2.30. The molecule has 13 rings (SSSR count). The Morgan fingerprint density at radius 3 is 1.50 bits per heavy atom. The molecular formula is C58H35N3O. The van der Waals surface area contributed by atoms with Gasteiger partial charge in [-0.15, -0.1) is 0 Å². The SMILES string of the molecule is c1ccc(-c2nc(-c3cccc(-c4ccc5oc6ccccc6c5c4)c3)nc(-c3ccccc3-c3ccc4c(c3)C3(c5ccccc5-c5ccccc53)c3ccccc3-4)n2)cc1. The molecule has 0 saturated carbocycles. The lowest BCUT2D eigenvalue weighted by atomic mass is 9.70. The predicted octanol–water partition coefficient (Wildman–Crippen LogP) is 14.4. The van der Waals surface area contributed by atoms with Crippen LogP contribution in [0, 0.1) is 0 Å². The molecule has 0 bridgehead atoms. The van der Waals surface area contributed by atoms with Crippen LogP contribution in [0.5, 0.6) is 0 Å². The average molecular weight is 790 g/mol. The summed E-state index contributed by atoms with van der Waals surface area (Å²) in [5.74, 6) is 1.86. The molecule has 2 aliphatic carbocycles. The van der Waals surface area contributed by atoms with Gasteiger partial charge in [0.2, 0.25) is 0 Å². The van der Waals surface area contributed by atoms with Crippen LogP contribution >= 0.6 is 0 Å². The summed E-state index contributed by atoms with van der Waals surface area (Å²) < 4.78 is 6.15. The van der Waals surface area contributed by atoms with Gasteiger partial charge in [0.25, 0.3) is 0 Å². The summed E-state index contributed by atoms with van der Waals surface area (Å²) in [7, 11) is 0. The first-order valence-corrected chi connectivity index (χ1v) is 21.1. The number of hydrogen-bond donors (Lipinski definition) is 0.